The van der Waals surface area contributed by atoms with Gasteiger partial charge >= 0.3 is 0 Å². The van der Waals surface area contributed by atoms with E-state index in [2.05, 4.69) is 15.9 Å². The van der Waals surface area contributed by atoms with Crippen molar-refractivity contribution in [2.24, 2.45) is 5.92 Å². The quantitative estimate of drug-likeness (QED) is 0.155. The van der Waals surface area contributed by atoms with E-state index >= 15 is 4.11 Å². The van der Waals surface area contributed by atoms with E-state index < -0.39 is 31.6 Å². The molecule has 4 aromatic carbocycles. The van der Waals surface area contributed by atoms with Gasteiger partial charge < -0.3 is 23.8 Å². The Morgan fingerprint density at radius 2 is 1.78 bits per heavy atom. The number of anilines is 3. The van der Waals surface area contributed by atoms with Crippen LogP contribution < -0.4 is 9.80 Å². The molecule has 0 radical (unpaired) electrons. The maximum absolute atomic E-state index is 16.3. The molecule has 2 fully saturated rings. The minimum atomic E-state index is -3.46. The third kappa shape index (κ3) is 4.99. The van der Waals surface area contributed by atoms with Crippen molar-refractivity contribution in [2.75, 3.05) is 23.0 Å². The lowest BCUT2D eigenvalue weighted by Crippen LogP contribution is -2.45. The van der Waals surface area contributed by atoms with E-state index in [1.165, 1.54) is 0 Å². The zero-order valence-corrected chi connectivity index (χ0v) is 30.8. The lowest BCUT2D eigenvalue weighted by molar-refractivity contribution is -0.150. The smallest absolute Gasteiger partial charge is 0.264 e. The van der Waals surface area contributed by atoms with Crippen molar-refractivity contribution in [1.29, 1.82) is 0 Å². The van der Waals surface area contributed by atoms with Gasteiger partial charge in [-0.05, 0) is 79.3 Å². The van der Waals surface area contributed by atoms with Gasteiger partial charge in [0.15, 0.2) is 5.60 Å². The molecule has 4 aliphatic heterocycles. The number of ether oxygens (including phenoxy) is 1. The van der Waals surface area contributed by atoms with Gasteiger partial charge in [-0.25, -0.2) is 0 Å². The highest BCUT2D eigenvalue weighted by Crippen LogP contribution is 2.60. The molecule has 0 unspecified atom stereocenters. The van der Waals surface area contributed by atoms with E-state index in [1.807, 2.05) is 85.8 Å². The van der Waals surface area contributed by atoms with Crippen LogP contribution >= 0.6 is 15.9 Å². The second kappa shape index (κ2) is 12.1. The summed E-state index contributed by atoms with van der Waals surface area (Å²) >= 11 is 3.59. The lowest BCUT2D eigenvalue weighted by atomic mass is 9.82. The fraction of sp³-hybridized carbons (Fsp3) is 0.359. The predicted molar refractivity (Wildman–Crippen MR) is 197 cm³/mol. The molecule has 8 rings (SSSR count). The summed E-state index contributed by atoms with van der Waals surface area (Å²) < 4.78 is 23.9. The molecule has 4 aromatic rings. The number of rotatable bonds is 7. The van der Waals surface area contributed by atoms with E-state index in [0.29, 0.717) is 23.4 Å². The number of aliphatic hydroxyl groups is 1. The summed E-state index contributed by atoms with van der Waals surface area (Å²) in [5.41, 5.74) is 2.40. The molecule has 3 amide bonds. The zero-order chi connectivity index (χ0) is 35.1. The van der Waals surface area contributed by atoms with Gasteiger partial charge in [-0.2, -0.15) is 0 Å². The van der Waals surface area contributed by atoms with E-state index in [-0.39, 0.29) is 43.3 Å². The Balaban J connectivity index is 1.10. The molecule has 4 heterocycles. The number of aliphatic hydroxyl groups excluding tert-OH is 1. The minimum absolute atomic E-state index is 0.0432. The van der Waals surface area contributed by atoms with Gasteiger partial charge in [0.25, 0.3) is 11.8 Å². The summed E-state index contributed by atoms with van der Waals surface area (Å²) in [7, 11) is -3.46. The Labute approximate surface area is 300 Å². The number of fused-ring (bicyclic) bond motifs is 2. The molecule has 1 spiro atoms. The number of amides is 3. The van der Waals surface area contributed by atoms with Crippen LogP contribution in [0.1, 0.15) is 47.7 Å². The molecule has 0 aliphatic carbocycles. The van der Waals surface area contributed by atoms with Gasteiger partial charge in [0.05, 0.1) is 48.7 Å². The normalized spacial score (nSPS) is 25.8. The summed E-state index contributed by atoms with van der Waals surface area (Å²) in [6.07, 6.45) is 0.711. The first kappa shape index (κ1) is 33.3. The summed E-state index contributed by atoms with van der Waals surface area (Å²) in [5.74, 6) is -1.05. The Hall–Kier alpha value is -3.90. The van der Waals surface area contributed by atoms with Crippen LogP contribution in [0.4, 0.5) is 21.2 Å². The molecule has 0 aromatic heterocycles. The fourth-order valence-corrected chi connectivity index (χ4v) is 12.0. The van der Waals surface area contributed by atoms with Crippen molar-refractivity contribution < 1.29 is 28.3 Å². The van der Waals surface area contributed by atoms with Gasteiger partial charge in [-0.1, -0.05) is 59.3 Å². The summed E-state index contributed by atoms with van der Waals surface area (Å²) in [5, 5.41) is 11.8. The molecule has 0 saturated carbocycles. The topological polar surface area (TPSA) is 90.4 Å². The van der Waals surface area contributed by atoms with Crippen molar-refractivity contribution in [1.82, 2.24) is 4.90 Å². The maximum Gasteiger partial charge on any atom is 0.264 e. The number of hydrogen-bond acceptors (Lipinski definition) is 5. The Kier molecular flexibility index (Phi) is 8.05. The second-order valence-electron chi connectivity index (χ2n) is 14.6. The van der Waals surface area contributed by atoms with E-state index in [1.54, 1.807) is 27.8 Å². The first-order valence-electron chi connectivity index (χ1n) is 17.3. The molecule has 50 heavy (non-hydrogen) atoms. The first-order valence-corrected chi connectivity index (χ1v) is 21.0. The van der Waals surface area contributed by atoms with Crippen molar-refractivity contribution in [3.8, 4) is 0 Å². The predicted octanol–water partition coefficient (Wildman–Crippen LogP) is 7.59. The lowest BCUT2D eigenvalue weighted by Gasteiger charge is -2.31. The molecular weight excluding hydrogens is 717 g/mol. The van der Waals surface area contributed by atoms with Crippen molar-refractivity contribution in [2.45, 2.75) is 69.1 Å². The monoisotopic (exact) mass is 755 g/mol. The fourth-order valence-electron chi connectivity index (χ4n) is 9.12. The number of nitrogens with zero attached hydrogens (tertiary/aromatic N) is 3. The highest BCUT2D eigenvalue weighted by molar-refractivity contribution is 9.10. The van der Waals surface area contributed by atoms with E-state index in [0.717, 1.165) is 45.0 Å². The number of benzene rings is 4. The number of carbonyl (C=O) groups is 3. The zero-order valence-electron chi connectivity index (χ0n) is 28.2. The largest absolute Gasteiger partial charge is 0.394 e. The van der Waals surface area contributed by atoms with Crippen LogP contribution in [0.5, 0.6) is 0 Å². The standard InChI is InChI=1S/C39H39BrFN3O5Si/c1-23-36(50(2,3)41)33(20-34(46)42-18-6-9-28(42)22-45)49-39(23)30-19-26(40)14-17-31(30)43(38(39)48)21-24-12-15-27(16-13-24)44-32-11-5-8-25-7-4-10-29(35(25)32)37(44)47/h4-5,7-8,10-17,19,23,28,33,36,45H,6,9,18,20-22H2,1-3H3/t23-,28+,33+,36-,39+/m1/s1. The van der Waals surface area contributed by atoms with E-state index in [9.17, 15) is 19.5 Å². The molecule has 1 N–H and O–H groups in total. The highest BCUT2D eigenvalue weighted by atomic mass is 79.9. The van der Waals surface area contributed by atoms with Crippen molar-refractivity contribution >= 4 is 69.9 Å². The Morgan fingerprint density at radius 3 is 2.50 bits per heavy atom. The minimum Gasteiger partial charge on any atom is -0.394 e. The third-order valence-electron chi connectivity index (χ3n) is 11.3. The van der Waals surface area contributed by atoms with Crippen LogP contribution in [0.25, 0.3) is 10.8 Å². The van der Waals surface area contributed by atoms with Crippen molar-refractivity contribution in [3.05, 3.63) is 100 Å². The summed E-state index contributed by atoms with van der Waals surface area (Å²) in [6.45, 7) is 5.83. The first-order chi connectivity index (χ1) is 23.9. The Bertz CT molecular complexity index is 2050. The van der Waals surface area contributed by atoms with Gasteiger partial charge in [-0.3, -0.25) is 19.3 Å². The van der Waals surface area contributed by atoms with Gasteiger partial charge in [-0.15, -0.1) is 0 Å². The maximum atomic E-state index is 16.3. The van der Waals surface area contributed by atoms with Gasteiger partial charge in [0, 0.05) is 39.1 Å². The van der Waals surface area contributed by atoms with E-state index in [4.69, 9.17) is 4.74 Å². The van der Waals surface area contributed by atoms with Crippen LogP contribution in [0.2, 0.25) is 18.6 Å². The SMILES string of the molecule is C[C@@H]1[C@@H]([Si](C)(C)F)[C@H](CC(=O)N2CCC[C@H]2CO)O[C@@]12C(=O)N(Cc1ccc(N3C(=O)c4cccc5cccc3c45)cc1)c1ccc(Br)cc12. The summed E-state index contributed by atoms with van der Waals surface area (Å²) in [6, 6.07) is 24.7. The average molecular weight is 757 g/mol. The Morgan fingerprint density at radius 1 is 1.04 bits per heavy atom. The molecule has 2 saturated heterocycles. The van der Waals surface area contributed by atoms with Crippen molar-refractivity contribution in [3.63, 3.8) is 0 Å². The molecule has 8 nitrogen and oxygen atoms in total. The van der Waals surface area contributed by atoms with Crippen LogP contribution in [-0.2, 0) is 26.5 Å². The molecule has 258 valence electrons. The van der Waals surface area contributed by atoms with Gasteiger partial charge in [0.2, 0.25) is 14.3 Å². The summed E-state index contributed by atoms with van der Waals surface area (Å²) in [4.78, 5) is 47.1. The molecule has 5 atom stereocenters. The van der Waals surface area contributed by atoms with Crippen LogP contribution in [0.3, 0.4) is 0 Å². The highest BCUT2D eigenvalue weighted by Gasteiger charge is 2.67. The van der Waals surface area contributed by atoms with Crippen LogP contribution in [0, 0.1) is 5.92 Å². The number of halogens is 2. The molecule has 11 heteroatoms. The number of likely N-dealkylation sites (tertiary alicyclic amines) is 1. The third-order valence-corrected chi connectivity index (χ3v) is 14.2. The van der Waals surface area contributed by atoms with Gasteiger partial charge in [0.1, 0.15) is 0 Å². The number of carbonyl (C=O) groups excluding carboxylic acids is 3. The molecule has 0 bridgehead atoms. The average Bonchev–Trinajstić information content (AvgIpc) is 3.82. The van der Waals surface area contributed by atoms with Crippen LogP contribution in [0.15, 0.2) is 83.3 Å². The van der Waals surface area contributed by atoms with Crippen LogP contribution in [-0.4, -0.2) is 61.4 Å². The number of hydrogen-bond donors (Lipinski definition) is 1. The molecule has 4 aliphatic rings. The second-order valence-corrected chi connectivity index (χ2v) is 19.3. The molecular formula is C39H39BrFN3O5Si.